The van der Waals surface area contributed by atoms with E-state index in [1.54, 1.807) is 10.5 Å². The van der Waals surface area contributed by atoms with Crippen LogP contribution in [0.25, 0.3) is 0 Å². The molecule has 2 aromatic rings. The number of hydrogen-bond acceptors (Lipinski definition) is 3. The van der Waals surface area contributed by atoms with Crippen LogP contribution < -0.4 is 0 Å². The predicted molar refractivity (Wildman–Crippen MR) is 119 cm³/mol. The van der Waals surface area contributed by atoms with Crippen molar-refractivity contribution >= 4 is 11.8 Å². The number of nitrogens with zero attached hydrogens (tertiary/aromatic N) is 2. The minimum atomic E-state index is 0.462. The van der Waals surface area contributed by atoms with Gasteiger partial charge in [-0.2, -0.15) is 0 Å². The van der Waals surface area contributed by atoms with Gasteiger partial charge in [-0.05, 0) is 68.4 Å². The Morgan fingerprint density at radius 3 is 2.54 bits per heavy atom. The smallest absolute Gasteiger partial charge is 0.0233 e. The van der Waals surface area contributed by atoms with E-state index in [1.165, 1.54) is 69.7 Å². The monoisotopic (exact) mass is 392 g/mol. The standard InChI is InChI=1S/C25H32N2S/c1-2-7-21(8-3-1)17-27-14-6-9-22(19-27)18-26-15-12-25(13-16-26)20-28-24-11-5-4-10-23(24)25/h1-5,7-8,10-11,22H,6,9,12-20H2/t22-/m0/s1. The molecule has 2 fully saturated rings. The fourth-order valence-electron chi connectivity index (χ4n) is 5.55. The number of hydrogen-bond donors (Lipinski definition) is 0. The maximum Gasteiger partial charge on any atom is 0.0233 e. The summed E-state index contributed by atoms with van der Waals surface area (Å²) in [5.41, 5.74) is 3.57. The van der Waals surface area contributed by atoms with Crippen LogP contribution in [0.15, 0.2) is 59.5 Å². The lowest BCUT2D eigenvalue weighted by Crippen LogP contribution is -2.46. The second-order valence-electron chi connectivity index (χ2n) is 9.09. The normalized spacial score (nSPS) is 25.1. The maximum absolute atomic E-state index is 2.77. The minimum Gasteiger partial charge on any atom is -0.303 e. The predicted octanol–water partition coefficient (Wildman–Crippen LogP) is 5.04. The first-order chi connectivity index (χ1) is 13.8. The number of rotatable bonds is 4. The highest BCUT2D eigenvalue weighted by molar-refractivity contribution is 7.99. The molecule has 0 saturated carbocycles. The van der Waals surface area contributed by atoms with Crippen LogP contribution in [0.2, 0.25) is 0 Å². The Morgan fingerprint density at radius 1 is 0.893 bits per heavy atom. The molecular formula is C25H32N2S. The van der Waals surface area contributed by atoms with E-state index in [0.29, 0.717) is 5.41 Å². The second kappa shape index (κ2) is 8.22. The molecule has 3 heteroatoms. The van der Waals surface area contributed by atoms with Gasteiger partial charge in [0.1, 0.15) is 0 Å². The average molecular weight is 393 g/mol. The third-order valence-corrected chi connectivity index (χ3v) is 8.51. The molecule has 0 aromatic heterocycles. The third-order valence-electron chi connectivity index (χ3n) is 7.14. The van der Waals surface area contributed by atoms with Crippen LogP contribution in [0.1, 0.15) is 36.8 Å². The van der Waals surface area contributed by atoms with Crippen molar-refractivity contribution in [3.63, 3.8) is 0 Å². The van der Waals surface area contributed by atoms with Crippen molar-refractivity contribution in [1.82, 2.24) is 9.80 Å². The van der Waals surface area contributed by atoms with Crippen molar-refractivity contribution in [3.8, 4) is 0 Å². The first-order valence-corrected chi connectivity index (χ1v) is 12.0. The lowest BCUT2D eigenvalue weighted by atomic mass is 9.74. The highest BCUT2D eigenvalue weighted by atomic mass is 32.2. The molecule has 0 radical (unpaired) electrons. The first-order valence-electron chi connectivity index (χ1n) is 11.0. The number of likely N-dealkylation sites (tertiary alicyclic amines) is 2. The van der Waals surface area contributed by atoms with Crippen LogP contribution in [0.5, 0.6) is 0 Å². The third kappa shape index (κ3) is 3.90. The molecule has 2 aromatic carbocycles. The number of benzene rings is 2. The van der Waals surface area contributed by atoms with Gasteiger partial charge in [0.05, 0.1) is 0 Å². The highest BCUT2D eigenvalue weighted by Crippen LogP contribution is 2.49. The molecule has 28 heavy (non-hydrogen) atoms. The van der Waals surface area contributed by atoms with Crippen molar-refractivity contribution in [1.29, 1.82) is 0 Å². The molecule has 0 aliphatic carbocycles. The average Bonchev–Trinajstić information content (AvgIpc) is 3.10. The van der Waals surface area contributed by atoms with Crippen LogP contribution >= 0.6 is 11.8 Å². The lowest BCUT2D eigenvalue weighted by molar-refractivity contribution is 0.102. The summed E-state index contributed by atoms with van der Waals surface area (Å²) >= 11 is 2.09. The van der Waals surface area contributed by atoms with Gasteiger partial charge in [0, 0.05) is 35.7 Å². The molecule has 2 nitrogen and oxygen atoms in total. The van der Waals surface area contributed by atoms with Gasteiger partial charge in [-0.15, -0.1) is 11.8 Å². The molecule has 1 atom stereocenters. The highest BCUT2D eigenvalue weighted by Gasteiger charge is 2.41. The van der Waals surface area contributed by atoms with E-state index in [9.17, 15) is 0 Å². The quantitative estimate of drug-likeness (QED) is 0.720. The lowest BCUT2D eigenvalue weighted by Gasteiger charge is -2.42. The van der Waals surface area contributed by atoms with Gasteiger partial charge < -0.3 is 4.90 Å². The fourth-order valence-corrected chi connectivity index (χ4v) is 7.04. The van der Waals surface area contributed by atoms with Gasteiger partial charge in [-0.3, -0.25) is 4.90 Å². The Morgan fingerprint density at radius 2 is 1.68 bits per heavy atom. The van der Waals surface area contributed by atoms with Gasteiger partial charge >= 0.3 is 0 Å². The van der Waals surface area contributed by atoms with Gasteiger partial charge in [0.15, 0.2) is 0 Å². The molecule has 1 spiro atoms. The summed E-state index contributed by atoms with van der Waals surface area (Å²) in [6.45, 7) is 7.52. The SMILES string of the molecule is c1ccc(CN2CCC[C@@H](CN3CCC4(CC3)CSc3ccccc34)C2)cc1. The molecule has 3 heterocycles. The molecule has 0 N–H and O–H groups in total. The van der Waals surface area contributed by atoms with E-state index in [2.05, 4.69) is 76.2 Å². The summed E-state index contributed by atoms with van der Waals surface area (Å²) in [6, 6.07) is 20.1. The molecule has 148 valence electrons. The molecule has 0 bridgehead atoms. The maximum atomic E-state index is 2.77. The zero-order chi connectivity index (χ0) is 18.8. The number of fused-ring (bicyclic) bond motifs is 2. The molecule has 3 aliphatic heterocycles. The topological polar surface area (TPSA) is 6.48 Å². The van der Waals surface area contributed by atoms with Crippen molar-refractivity contribution in [2.45, 2.75) is 42.5 Å². The second-order valence-corrected chi connectivity index (χ2v) is 10.1. The largest absolute Gasteiger partial charge is 0.303 e. The Bertz CT molecular complexity index is 782. The van der Waals surface area contributed by atoms with Crippen LogP contribution in [-0.4, -0.2) is 48.3 Å². The van der Waals surface area contributed by atoms with E-state index in [-0.39, 0.29) is 0 Å². The summed E-state index contributed by atoms with van der Waals surface area (Å²) in [5.74, 6) is 2.14. The molecule has 5 rings (SSSR count). The summed E-state index contributed by atoms with van der Waals surface area (Å²) in [7, 11) is 0. The Kier molecular flexibility index (Phi) is 5.49. The van der Waals surface area contributed by atoms with Crippen LogP contribution in [0.3, 0.4) is 0 Å². The van der Waals surface area contributed by atoms with Gasteiger partial charge in [0.25, 0.3) is 0 Å². The Hall–Kier alpha value is -1.29. The van der Waals surface area contributed by atoms with Crippen molar-refractivity contribution in [2.24, 2.45) is 5.92 Å². The van der Waals surface area contributed by atoms with E-state index >= 15 is 0 Å². The molecule has 3 aliphatic rings. The minimum absolute atomic E-state index is 0.462. The summed E-state index contributed by atoms with van der Waals surface area (Å²) in [4.78, 5) is 6.99. The fraction of sp³-hybridized carbons (Fsp3) is 0.520. The summed E-state index contributed by atoms with van der Waals surface area (Å²) < 4.78 is 0. The van der Waals surface area contributed by atoms with E-state index in [0.717, 1.165) is 12.5 Å². The zero-order valence-corrected chi connectivity index (χ0v) is 17.7. The van der Waals surface area contributed by atoms with E-state index in [1.807, 2.05) is 0 Å². The van der Waals surface area contributed by atoms with Gasteiger partial charge in [0.2, 0.25) is 0 Å². The van der Waals surface area contributed by atoms with Crippen LogP contribution in [0, 0.1) is 5.92 Å². The van der Waals surface area contributed by atoms with E-state index < -0.39 is 0 Å². The number of thioether (sulfide) groups is 1. The molecular weight excluding hydrogens is 360 g/mol. The van der Waals surface area contributed by atoms with Crippen molar-refractivity contribution in [2.75, 3.05) is 38.5 Å². The van der Waals surface area contributed by atoms with Crippen molar-refractivity contribution < 1.29 is 0 Å². The van der Waals surface area contributed by atoms with Crippen molar-refractivity contribution in [3.05, 3.63) is 65.7 Å². The van der Waals surface area contributed by atoms with Crippen LogP contribution in [0.4, 0.5) is 0 Å². The number of piperidine rings is 2. The molecule has 0 unspecified atom stereocenters. The van der Waals surface area contributed by atoms with Gasteiger partial charge in [-0.1, -0.05) is 48.5 Å². The zero-order valence-electron chi connectivity index (χ0n) is 16.9. The molecule has 2 saturated heterocycles. The summed E-state index contributed by atoms with van der Waals surface area (Å²) in [5, 5.41) is 0. The Balaban J connectivity index is 1.15. The summed E-state index contributed by atoms with van der Waals surface area (Å²) in [6.07, 6.45) is 5.46. The van der Waals surface area contributed by atoms with Gasteiger partial charge in [-0.25, -0.2) is 0 Å². The van der Waals surface area contributed by atoms with Crippen LogP contribution in [-0.2, 0) is 12.0 Å². The Labute approximate surface area is 174 Å². The van der Waals surface area contributed by atoms with E-state index in [4.69, 9.17) is 0 Å². The molecule has 0 amide bonds. The first kappa shape index (κ1) is 18.7.